The highest BCUT2D eigenvalue weighted by Crippen LogP contribution is 2.45. The maximum Gasteiger partial charge on any atom is 0.303 e. The monoisotopic (exact) mass is 394 g/mol. The van der Waals surface area contributed by atoms with Crippen molar-refractivity contribution in [3.63, 3.8) is 0 Å². The molecule has 0 radical (unpaired) electrons. The number of fused-ring (bicyclic) bond motifs is 2. The number of nitrogens with zero attached hydrogens (tertiary/aromatic N) is 1. The van der Waals surface area contributed by atoms with Crippen LogP contribution in [0.4, 0.5) is 0 Å². The van der Waals surface area contributed by atoms with E-state index in [-0.39, 0.29) is 42.3 Å². The second-order valence-electron chi connectivity index (χ2n) is 7.90. The van der Waals surface area contributed by atoms with Crippen LogP contribution in [0.15, 0.2) is 12.2 Å². The SMILES string of the molecule is O=C(O)CCC=CC[C@@H]1[C@H](C(=O)NC(CO)C(=O)N2CCCC2)[C@H]2CC[C@@H]1O2. The zero-order valence-corrected chi connectivity index (χ0v) is 16.1. The molecule has 156 valence electrons. The number of aliphatic carboxylic acids is 1. The van der Waals surface area contributed by atoms with Crippen molar-refractivity contribution in [2.45, 2.75) is 63.2 Å². The van der Waals surface area contributed by atoms with Crippen LogP contribution in [0.1, 0.15) is 44.9 Å². The van der Waals surface area contributed by atoms with Gasteiger partial charge in [-0.15, -0.1) is 0 Å². The average molecular weight is 394 g/mol. The molecule has 3 aliphatic rings. The Bertz CT molecular complexity index is 616. The van der Waals surface area contributed by atoms with E-state index in [9.17, 15) is 19.5 Å². The van der Waals surface area contributed by atoms with Crippen LogP contribution in [0.5, 0.6) is 0 Å². The highest BCUT2D eigenvalue weighted by Gasteiger charge is 2.51. The first-order valence-corrected chi connectivity index (χ1v) is 10.2. The maximum absolute atomic E-state index is 12.9. The number of nitrogens with one attached hydrogen (secondary N) is 1. The molecule has 2 bridgehead atoms. The summed E-state index contributed by atoms with van der Waals surface area (Å²) in [6.45, 7) is 0.931. The number of amides is 2. The third-order valence-corrected chi connectivity index (χ3v) is 6.04. The van der Waals surface area contributed by atoms with E-state index in [2.05, 4.69) is 5.32 Å². The van der Waals surface area contributed by atoms with Gasteiger partial charge in [-0.2, -0.15) is 0 Å². The van der Waals surface area contributed by atoms with Crippen molar-refractivity contribution >= 4 is 17.8 Å². The number of hydrogen-bond donors (Lipinski definition) is 3. The van der Waals surface area contributed by atoms with E-state index in [4.69, 9.17) is 9.84 Å². The van der Waals surface area contributed by atoms with Crippen molar-refractivity contribution in [2.75, 3.05) is 19.7 Å². The zero-order valence-electron chi connectivity index (χ0n) is 16.1. The molecule has 0 aliphatic carbocycles. The number of rotatable bonds is 9. The predicted octanol–water partition coefficient (Wildman–Crippen LogP) is 0.691. The molecule has 8 nitrogen and oxygen atoms in total. The van der Waals surface area contributed by atoms with E-state index in [1.807, 2.05) is 12.2 Å². The molecule has 3 heterocycles. The minimum atomic E-state index is -0.906. The van der Waals surface area contributed by atoms with Crippen molar-refractivity contribution in [2.24, 2.45) is 11.8 Å². The maximum atomic E-state index is 12.9. The molecule has 0 aromatic carbocycles. The smallest absolute Gasteiger partial charge is 0.303 e. The summed E-state index contributed by atoms with van der Waals surface area (Å²) in [5, 5.41) is 21.1. The van der Waals surface area contributed by atoms with Gasteiger partial charge in [-0.3, -0.25) is 14.4 Å². The minimum absolute atomic E-state index is 0.0149. The number of carbonyl (C=O) groups is 3. The summed E-state index contributed by atoms with van der Waals surface area (Å²) in [5.74, 6) is -1.61. The number of hydrogen-bond acceptors (Lipinski definition) is 5. The number of carbonyl (C=O) groups excluding carboxylic acids is 2. The van der Waals surface area contributed by atoms with Gasteiger partial charge in [0.1, 0.15) is 6.04 Å². The molecule has 8 heteroatoms. The fourth-order valence-corrected chi connectivity index (χ4v) is 4.63. The van der Waals surface area contributed by atoms with Crippen molar-refractivity contribution in [3.8, 4) is 0 Å². The van der Waals surface area contributed by atoms with Gasteiger partial charge in [-0.05, 0) is 38.5 Å². The zero-order chi connectivity index (χ0) is 20.1. The third-order valence-electron chi connectivity index (χ3n) is 6.04. The molecule has 5 atom stereocenters. The Kier molecular flexibility index (Phi) is 7.07. The molecule has 1 unspecified atom stereocenters. The van der Waals surface area contributed by atoms with E-state index in [0.717, 1.165) is 25.7 Å². The molecular formula is C20H30N2O6. The first-order chi connectivity index (χ1) is 13.5. The van der Waals surface area contributed by atoms with E-state index in [1.54, 1.807) is 4.90 Å². The Morgan fingerprint density at radius 2 is 1.86 bits per heavy atom. The van der Waals surface area contributed by atoms with Crippen molar-refractivity contribution in [3.05, 3.63) is 12.2 Å². The van der Waals surface area contributed by atoms with Crippen molar-refractivity contribution in [1.82, 2.24) is 10.2 Å². The first kappa shape index (κ1) is 20.8. The van der Waals surface area contributed by atoms with Gasteiger partial charge < -0.3 is 25.2 Å². The number of carboxylic acid groups (broad SMARTS) is 1. The molecule has 0 aromatic heterocycles. The lowest BCUT2D eigenvalue weighted by molar-refractivity contribution is -0.138. The van der Waals surface area contributed by atoms with Crippen LogP contribution < -0.4 is 5.32 Å². The molecular weight excluding hydrogens is 364 g/mol. The van der Waals surface area contributed by atoms with Crippen LogP contribution in [0.3, 0.4) is 0 Å². The lowest BCUT2D eigenvalue weighted by Crippen LogP contribution is -2.53. The standard InChI is InChI=1S/C20H30N2O6/c23-12-14(20(27)22-10-4-5-11-22)21-19(26)18-13(15-8-9-16(18)28-15)6-2-1-3-7-17(24)25/h1-2,13-16,18,23H,3-12H2,(H,21,26)(H,24,25)/t13-,14?,15-,16+,18-/m0/s1. The number of carboxylic acids is 1. The Labute approximate surface area is 164 Å². The number of aliphatic hydroxyl groups is 1. The van der Waals surface area contributed by atoms with Crippen molar-refractivity contribution in [1.29, 1.82) is 0 Å². The van der Waals surface area contributed by atoms with Crippen LogP contribution in [-0.2, 0) is 19.1 Å². The van der Waals surface area contributed by atoms with E-state index < -0.39 is 18.6 Å². The van der Waals surface area contributed by atoms with Gasteiger partial charge in [0.15, 0.2) is 0 Å². The van der Waals surface area contributed by atoms with Gasteiger partial charge in [-0.25, -0.2) is 0 Å². The van der Waals surface area contributed by atoms with Crippen LogP contribution in [-0.4, -0.2) is 70.8 Å². The largest absolute Gasteiger partial charge is 0.481 e. The third kappa shape index (κ3) is 4.72. The summed E-state index contributed by atoms with van der Waals surface area (Å²) >= 11 is 0. The number of allylic oxidation sites excluding steroid dienone is 2. The summed E-state index contributed by atoms with van der Waals surface area (Å²) in [6, 6.07) is -0.906. The summed E-state index contributed by atoms with van der Waals surface area (Å²) in [6.07, 6.45) is 8.47. The Morgan fingerprint density at radius 1 is 1.14 bits per heavy atom. The molecule has 28 heavy (non-hydrogen) atoms. The lowest BCUT2D eigenvalue weighted by atomic mass is 9.77. The summed E-state index contributed by atoms with van der Waals surface area (Å²) in [5.41, 5.74) is 0. The van der Waals surface area contributed by atoms with Crippen LogP contribution in [0.2, 0.25) is 0 Å². The average Bonchev–Trinajstić information content (AvgIpc) is 3.41. The van der Waals surface area contributed by atoms with Crippen LogP contribution in [0, 0.1) is 11.8 Å². The van der Waals surface area contributed by atoms with Gasteiger partial charge in [0.05, 0.1) is 24.7 Å². The number of ether oxygens (including phenoxy) is 1. The summed E-state index contributed by atoms with van der Waals surface area (Å²) < 4.78 is 5.94. The fraction of sp³-hybridized carbons (Fsp3) is 0.750. The molecule has 0 spiro atoms. The van der Waals surface area contributed by atoms with Gasteiger partial charge in [-0.1, -0.05) is 12.2 Å². The molecule has 0 saturated carbocycles. The van der Waals surface area contributed by atoms with Gasteiger partial charge in [0.25, 0.3) is 0 Å². The minimum Gasteiger partial charge on any atom is -0.481 e. The lowest BCUT2D eigenvalue weighted by Gasteiger charge is -2.29. The molecule has 2 amide bonds. The quantitative estimate of drug-likeness (QED) is 0.496. The molecule has 0 aromatic rings. The molecule has 3 N–H and O–H groups in total. The van der Waals surface area contributed by atoms with E-state index in [1.165, 1.54) is 0 Å². The Balaban J connectivity index is 1.58. The number of likely N-dealkylation sites (tertiary alicyclic amines) is 1. The normalized spacial score (nSPS) is 30.1. The summed E-state index contributed by atoms with van der Waals surface area (Å²) in [7, 11) is 0. The van der Waals surface area contributed by atoms with Crippen LogP contribution in [0.25, 0.3) is 0 Å². The van der Waals surface area contributed by atoms with Crippen molar-refractivity contribution < 1.29 is 29.3 Å². The van der Waals surface area contributed by atoms with Gasteiger partial charge >= 0.3 is 5.97 Å². The second-order valence-corrected chi connectivity index (χ2v) is 7.90. The molecule has 3 saturated heterocycles. The highest BCUT2D eigenvalue weighted by atomic mass is 16.5. The Morgan fingerprint density at radius 3 is 2.54 bits per heavy atom. The van der Waals surface area contributed by atoms with Gasteiger partial charge in [0, 0.05) is 25.4 Å². The number of aliphatic hydroxyl groups excluding tert-OH is 1. The van der Waals surface area contributed by atoms with Crippen LogP contribution >= 0.6 is 0 Å². The second kappa shape index (κ2) is 9.52. The fourth-order valence-electron chi connectivity index (χ4n) is 4.63. The Hall–Kier alpha value is -1.93. The predicted molar refractivity (Wildman–Crippen MR) is 100 cm³/mol. The van der Waals surface area contributed by atoms with Gasteiger partial charge in [0.2, 0.25) is 11.8 Å². The molecule has 3 aliphatic heterocycles. The summed E-state index contributed by atoms with van der Waals surface area (Å²) in [4.78, 5) is 37.7. The van der Waals surface area contributed by atoms with E-state index >= 15 is 0 Å². The molecule has 3 fully saturated rings. The first-order valence-electron chi connectivity index (χ1n) is 10.2. The molecule has 3 rings (SSSR count). The topological polar surface area (TPSA) is 116 Å². The highest BCUT2D eigenvalue weighted by molar-refractivity contribution is 5.89. The van der Waals surface area contributed by atoms with E-state index in [0.29, 0.717) is 25.9 Å².